The van der Waals surface area contributed by atoms with E-state index in [2.05, 4.69) is 21.2 Å². The highest BCUT2D eigenvalue weighted by Gasteiger charge is 2.35. The lowest BCUT2D eigenvalue weighted by molar-refractivity contribution is -0.140. The Balaban J connectivity index is 1.81. The molecule has 0 fully saturated rings. The number of benzene rings is 4. The van der Waals surface area contributed by atoms with Crippen molar-refractivity contribution < 1.29 is 27.5 Å². The first-order valence-electron chi connectivity index (χ1n) is 15.3. The predicted octanol–water partition coefficient (Wildman–Crippen LogP) is 6.73. The summed E-state index contributed by atoms with van der Waals surface area (Å²) in [5, 5.41) is 3.39. The van der Waals surface area contributed by atoms with Gasteiger partial charge in [-0.2, -0.15) is 0 Å². The lowest BCUT2D eigenvalue weighted by atomic mass is 10.0. The quantitative estimate of drug-likeness (QED) is 0.144. The van der Waals surface area contributed by atoms with E-state index in [0.29, 0.717) is 17.3 Å². The number of nitrogens with one attached hydrogen (secondary N) is 1. The van der Waals surface area contributed by atoms with Crippen molar-refractivity contribution in [2.75, 3.05) is 31.6 Å². The summed E-state index contributed by atoms with van der Waals surface area (Å²) in [6.07, 6.45) is 0.219. The van der Waals surface area contributed by atoms with Crippen molar-refractivity contribution in [3.05, 3.63) is 118 Å². The molecule has 0 heterocycles. The molecule has 0 bridgehead atoms. The first-order valence-corrected chi connectivity index (χ1v) is 17.9. The number of hydrogen-bond donors (Lipinski definition) is 1. The van der Waals surface area contributed by atoms with Crippen LogP contribution in [0.2, 0.25) is 5.02 Å². The minimum Gasteiger partial charge on any atom is -0.493 e. The second-order valence-corrected chi connectivity index (χ2v) is 14.7. The number of ether oxygens (including phenoxy) is 2. The van der Waals surface area contributed by atoms with Gasteiger partial charge in [0.1, 0.15) is 12.6 Å². The number of carbonyl (C=O) groups excluding carboxylic acids is 2. The number of methoxy groups -OCH3 is 2. The van der Waals surface area contributed by atoms with Crippen molar-refractivity contribution in [2.24, 2.45) is 5.92 Å². The van der Waals surface area contributed by atoms with E-state index in [1.54, 1.807) is 12.1 Å². The maximum absolute atomic E-state index is 14.6. The average molecular weight is 757 g/mol. The maximum atomic E-state index is 14.6. The normalized spacial score (nSPS) is 11.9. The van der Waals surface area contributed by atoms with E-state index in [1.165, 1.54) is 49.5 Å². The molecule has 0 aliphatic heterocycles. The fourth-order valence-corrected chi connectivity index (χ4v) is 6.82. The SMILES string of the molecule is COc1ccc(S(=O)(=O)N(CC(=O)N(Cc2ccc(Br)cc2)[C@H](Cc2ccccc2)C(=O)NCC(C)C)c2ccc(Cl)cc2)cc1OC. The lowest BCUT2D eigenvalue weighted by Crippen LogP contribution is -2.53. The molecule has 4 aromatic carbocycles. The van der Waals surface area contributed by atoms with E-state index in [4.69, 9.17) is 21.1 Å². The molecule has 0 unspecified atom stereocenters. The number of amides is 2. The minimum absolute atomic E-state index is 0.0591. The molecular weight excluding hydrogens is 718 g/mol. The summed E-state index contributed by atoms with van der Waals surface area (Å²) in [5.41, 5.74) is 1.83. The number of rotatable bonds is 15. The zero-order valence-electron chi connectivity index (χ0n) is 27.2. The molecule has 48 heavy (non-hydrogen) atoms. The fraction of sp³-hybridized carbons (Fsp3) is 0.278. The summed E-state index contributed by atoms with van der Waals surface area (Å²) in [7, 11) is -1.50. The van der Waals surface area contributed by atoms with Crippen LogP contribution in [0.15, 0.2) is 106 Å². The average Bonchev–Trinajstić information content (AvgIpc) is 3.08. The molecule has 12 heteroatoms. The molecule has 4 rings (SSSR count). The van der Waals surface area contributed by atoms with E-state index >= 15 is 0 Å². The summed E-state index contributed by atoms with van der Waals surface area (Å²) in [5.74, 6) is -0.171. The van der Waals surface area contributed by atoms with Gasteiger partial charge in [0.15, 0.2) is 11.5 Å². The topological polar surface area (TPSA) is 105 Å². The molecule has 1 N–H and O–H groups in total. The molecule has 0 aliphatic rings. The van der Waals surface area contributed by atoms with Crippen LogP contribution >= 0.6 is 27.5 Å². The molecule has 1 atom stereocenters. The van der Waals surface area contributed by atoms with E-state index < -0.39 is 28.5 Å². The Bertz CT molecular complexity index is 1790. The smallest absolute Gasteiger partial charge is 0.264 e. The number of halogens is 2. The van der Waals surface area contributed by atoms with Crippen LogP contribution in [0.5, 0.6) is 11.5 Å². The molecule has 0 radical (unpaired) electrons. The Morgan fingerprint density at radius 2 is 1.50 bits per heavy atom. The number of nitrogens with zero attached hydrogens (tertiary/aromatic N) is 2. The standard InChI is InChI=1S/C36H39BrClN3O6S/c1-25(2)22-39-36(43)32(20-26-8-6-5-7-9-26)40(23-27-10-12-28(37)13-11-27)35(42)24-41(30-16-14-29(38)15-17-30)48(44,45)31-18-19-33(46-3)34(21-31)47-4/h5-19,21,25,32H,20,22-24H2,1-4H3,(H,39,43)/t32-/m1/s1. The Morgan fingerprint density at radius 3 is 2.10 bits per heavy atom. The molecule has 4 aromatic rings. The fourth-order valence-electron chi connectivity index (χ4n) is 5.00. The number of carbonyl (C=O) groups is 2. The second kappa shape index (κ2) is 16.9. The van der Waals surface area contributed by atoms with Gasteiger partial charge >= 0.3 is 0 Å². The Kier molecular flexibility index (Phi) is 12.9. The van der Waals surface area contributed by atoms with Gasteiger partial charge in [-0.05, 0) is 65.6 Å². The molecule has 0 aliphatic carbocycles. The Hall–Kier alpha value is -4.06. The highest BCUT2D eigenvalue weighted by molar-refractivity contribution is 9.10. The van der Waals surface area contributed by atoms with Gasteiger partial charge in [-0.3, -0.25) is 13.9 Å². The van der Waals surface area contributed by atoms with Gasteiger partial charge in [-0.25, -0.2) is 8.42 Å². The molecule has 0 saturated carbocycles. The number of anilines is 1. The second-order valence-electron chi connectivity index (χ2n) is 11.5. The zero-order chi connectivity index (χ0) is 34.8. The monoisotopic (exact) mass is 755 g/mol. The van der Waals surface area contributed by atoms with Crippen LogP contribution in [-0.2, 0) is 32.6 Å². The van der Waals surface area contributed by atoms with Gasteiger partial charge in [0.2, 0.25) is 11.8 Å². The highest BCUT2D eigenvalue weighted by atomic mass is 79.9. The Morgan fingerprint density at radius 1 is 0.854 bits per heavy atom. The van der Waals surface area contributed by atoms with Gasteiger partial charge in [0.05, 0.1) is 24.8 Å². The van der Waals surface area contributed by atoms with Crippen molar-refractivity contribution in [3.8, 4) is 11.5 Å². The third-order valence-electron chi connectivity index (χ3n) is 7.56. The molecular formula is C36H39BrClN3O6S. The largest absolute Gasteiger partial charge is 0.493 e. The zero-order valence-corrected chi connectivity index (χ0v) is 30.4. The van der Waals surface area contributed by atoms with Crippen molar-refractivity contribution in [1.82, 2.24) is 10.2 Å². The molecule has 0 saturated heterocycles. The summed E-state index contributed by atoms with van der Waals surface area (Å²) < 4.78 is 41.3. The molecule has 0 spiro atoms. The van der Waals surface area contributed by atoms with Gasteiger partial charge in [0, 0.05) is 35.1 Å². The first kappa shape index (κ1) is 36.8. The van der Waals surface area contributed by atoms with Crippen molar-refractivity contribution in [3.63, 3.8) is 0 Å². The third-order valence-corrected chi connectivity index (χ3v) is 10.1. The maximum Gasteiger partial charge on any atom is 0.264 e. The van der Waals surface area contributed by atoms with Gasteiger partial charge in [-0.15, -0.1) is 0 Å². The summed E-state index contributed by atoms with van der Waals surface area (Å²) in [6, 6.07) is 26.3. The minimum atomic E-state index is -4.36. The molecule has 0 aromatic heterocycles. The van der Waals surface area contributed by atoms with Crippen molar-refractivity contribution >= 4 is 55.1 Å². The third kappa shape index (κ3) is 9.52. The van der Waals surface area contributed by atoms with Crippen LogP contribution < -0.4 is 19.1 Å². The van der Waals surface area contributed by atoms with Gasteiger partial charge in [0.25, 0.3) is 10.0 Å². The number of hydrogen-bond acceptors (Lipinski definition) is 6. The molecule has 254 valence electrons. The van der Waals surface area contributed by atoms with Crippen LogP contribution in [0.4, 0.5) is 5.69 Å². The highest BCUT2D eigenvalue weighted by Crippen LogP contribution is 2.33. The lowest BCUT2D eigenvalue weighted by Gasteiger charge is -2.34. The van der Waals surface area contributed by atoms with E-state index in [1.807, 2.05) is 68.4 Å². The van der Waals surface area contributed by atoms with E-state index in [0.717, 1.165) is 19.9 Å². The van der Waals surface area contributed by atoms with E-state index in [-0.39, 0.29) is 41.1 Å². The first-order chi connectivity index (χ1) is 22.9. The molecule has 2 amide bonds. The van der Waals surface area contributed by atoms with Crippen LogP contribution in [0.25, 0.3) is 0 Å². The van der Waals surface area contributed by atoms with Crippen LogP contribution in [0.1, 0.15) is 25.0 Å². The molecule has 9 nitrogen and oxygen atoms in total. The number of sulfonamides is 1. The van der Waals surface area contributed by atoms with Crippen LogP contribution in [-0.4, -0.2) is 58.5 Å². The Labute approximate surface area is 296 Å². The van der Waals surface area contributed by atoms with Gasteiger partial charge < -0.3 is 19.7 Å². The van der Waals surface area contributed by atoms with Crippen LogP contribution in [0.3, 0.4) is 0 Å². The van der Waals surface area contributed by atoms with E-state index in [9.17, 15) is 18.0 Å². The summed E-state index contributed by atoms with van der Waals surface area (Å²) in [6.45, 7) is 3.84. The van der Waals surface area contributed by atoms with Crippen LogP contribution in [0, 0.1) is 5.92 Å². The van der Waals surface area contributed by atoms with Crippen molar-refractivity contribution in [2.45, 2.75) is 37.8 Å². The summed E-state index contributed by atoms with van der Waals surface area (Å²) >= 11 is 9.62. The van der Waals surface area contributed by atoms with Gasteiger partial charge in [-0.1, -0.05) is 83.8 Å². The predicted molar refractivity (Wildman–Crippen MR) is 192 cm³/mol. The van der Waals surface area contributed by atoms with Crippen molar-refractivity contribution in [1.29, 1.82) is 0 Å². The summed E-state index contributed by atoms with van der Waals surface area (Å²) in [4.78, 5) is 29.8.